The Bertz CT molecular complexity index is 1280. The van der Waals surface area contributed by atoms with E-state index in [1.165, 1.54) is 6.08 Å². The van der Waals surface area contributed by atoms with Gasteiger partial charge in [-0.1, -0.05) is 6.92 Å². The second-order valence-electron chi connectivity index (χ2n) is 9.22. The Hall–Kier alpha value is -3.26. The predicted molar refractivity (Wildman–Crippen MR) is 129 cm³/mol. The number of hydrogen-bond donors (Lipinski definition) is 5. The van der Waals surface area contributed by atoms with E-state index in [2.05, 4.69) is 41.1 Å². The Morgan fingerprint density at radius 3 is 2.37 bits per heavy atom. The number of carbonyl (C=O) groups is 2. The highest BCUT2D eigenvalue weighted by molar-refractivity contribution is 7.89. The number of amides is 3. The second-order valence-corrected chi connectivity index (χ2v) is 11.1. The van der Waals surface area contributed by atoms with Crippen molar-refractivity contribution >= 4 is 45.6 Å². The zero-order chi connectivity index (χ0) is 24.6. The van der Waals surface area contributed by atoms with Crippen molar-refractivity contribution in [3.63, 3.8) is 0 Å². The van der Waals surface area contributed by atoms with Gasteiger partial charge in [0.2, 0.25) is 21.9 Å². The molecule has 1 saturated heterocycles. The predicted octanol–water partition coefficient (Wildman–Crippen LogP) is 0.931. The van der Waals surface area contributed by atoms with Gasteiger partial charge in [-0.15, -0.1) is 0 Å². The summed E-state index contributed by atoms with van der Waals surface area (Å²) in [5.41, 5.74) is 1.18. The zero-order valence-electron chi connectivity index (χ0n) is 19.4. The molecule has 3 fully saturated rings. The van der Waals surface area contributed by atoms with Gasteiger partial charge in [0, 0.05) is 23.7 Å². The van der Waals surface area contributed by atoms with Crippen molar-refractivity contribution < 1.29 is 18.0 Å². The van der Waals surface area contributed by atoms with Crippen LogP contribution in [0.1, 0.15) is 57.4 Å². The van der Waals surface area contributed by atoms with Crippen molar-refractivity contribution in [1.82, 2.24) is 34.9 Å². The molecule has 0 radical (unpaired) electrons. The molecule has 2 aliphatic carbocycles. The maximum atomic E-state index is 12.1. The van der Waals surface area contributed by atoms with Gasteiger partial charge in [0.25, 0.3) is 5.91 Å². The standard InChI is InChI=1S/C21H29N9O4S/c1-2-9-35(33,34)29-15-7-5-13(6-8-15)23-19-26-17-12(10-16-18(31)27-21(32)25-16)11-22-30(17)20(28-19)24-14-3-4-14/h10-11,13-15,29H,2-9H2,1H3,(H2,23,24,26,28)(H2,25,27,31,32)/b16-10-/t13-,15-. The fourth-order valence-corrected chi connectivity index (χ4v) is 5.72. The number of imide groups is 1. The third-order valence-electron chi connectivity index (χ3n) is 6.21. The van der Waals surface area contributed by atoms with E-state index in [1.807, 2.05) is 6.92 Å². The molecule has 13 nitrogen and oxygen atoms in total. The number of fused-ring (bicyclic) bond motifs is 1. The molecular formula is C21H29N9O4S. The van der Waals surface area contributed by atoms with Crippen LogP contribution in [0.25, 0.3) is 11.7 Å². The van der Waals surface area contributed by atoms with E-state index in [0.717, 1.165) is 38.5 Å². The van der Waals surface area contributed by atoms with Crippen LogP contribution in [-0.2, 0) is 14.8 Å². The molecule has 3 heterocycles. The van der Waals surface area contributed by atoms with Gasteiger partial charge >= 0.3 is 6.03 Å². The summed E-state index contributed by atoms with van der Waals surface area (Å²) < 4.78 is 28.6. The summed E-state index contributed by atoms with van der Waals surface area (Å²) in [6.07, 6.45) is 8.83. The Labute approximate surface area is 202 Å². The number of nitrogens with one attached hydrogen (secondary N) is 5. The van der Waals surface area contributed by atoms with E-state index >= 15 is 0 Å². The van der Waals surface area contributed by atoms with Crippen molar-refractivity contribution in [3.05, 3.63) is 17.5 Å². The summed E-state index contributed by atoms with van der Waals surface area (Å²) in [6.45, 7) is 1.85. The zero-order valence-corrected chi connectivity index (χ0v) is 20.2. The van der Waals surface area contributed by atoms with Gasteiger partial charge in [0.1, 0.15) is 5.70 Å². The maximum Gasteiger partial charge on any atom is 0.326 e. The Balaban J connectivity index is 1.34. The Morgan fingerprint density at radius 1 is 1.03 bits per heavy atom. The number of anilines is 2. The van der Waals surface area contributed by atoms with Crippen LogP contribution < -0.4 is 26.0 Å². The average Bonchev–Trinajstić information content (AvgIpc) is 3.43. The highest BCUT2D eigenvalue weighted by Gasteiger charge is 2.28. The van der Waals surface area contributed by atoms with Gasteiger partial charge in [-0.25, -0.2) is 17.9 Å². The van der Waals surface area contributed by atoms with E-state index in [-0.39, 0.29) is 23.5 Å². The fourth-order valence-electron chi connectivity index (χ4n) is 4.32. The third kappa shape index (κ3) is 5.53. The lowest BCUT2D eigenvalue weighted by molar-refractivity contribution is -0.115. The van der Waals surface area contributed by atoms with Gasteiger partial charge in [-0.3, -0.25) is 10.1 Å². The summed E-state index contributed by atoms with van der Waals surface area (Å²) >= 11 is 0. The monoisotopic (exact) mass is 503 g/mol. The van der Waals surface area contributed by atoms with E-state index in [1.54, 1.807) is 10.7 Å². The largest absolute Gasteiger partial charge is 0.351 e. The summed E-state index contributed by atoms with van der Waals surface area (Å²) in [6, 6.07) is -0.194. The van der Waals surface area contributed by atoms with Crippen LogP contribution in [0.15, 0.2) is 11.9 Å². The summed E-state index contributed by atoms with van der Waals surface area (Å²) in [4.78, 5) is 32.7. The molecule has 2 aromatic rings. The summed E-state index contributed by atoms with van der Waals surface area (Å²) in [5, 5.41) is 15.8. The van der Waals surface area contributed by atoms with Crippen LogP contribution >= 0.6 is 0 Å². The molecule has 1 aliphatic heterocycles. The van der Waals surface area contributed by atoms with Crippen LogP contribution in [0.2, 0.25) is 0 Å². The lowest BCUT2D eigenvalue weighted by Crippen LogP contribution is -2.41. The summed E-state index contributed by atoms with van der Waals surface area (Å²) in [7, 11) is -3.23. The van der Waals surface area contributed by atoms with Gasteiger partial charge in [0.05, 0.1) is 11.9 Å². The number of aromatic nitrogens is 4. The van der Waals surface area contributed by atoms with Gasteiger partial charge in [-0.05, 0) is 51.0 Å². The fraction of sp³-hybridized carbons (Fsp3) is 0.571. The van der Waals surface area contributed by atoms with Crippen LogP contribution in [0.4, 0.5) is 16.7 Å². The minimum atomic E-state index is -3.23. The topological polar surface area (TPSA) is 172 Å². The number of carbonyl (C=O) groups excluding carboxylic acids is 2. The van der Waals surface area contributed by atoms with Crippen LogP contribution in [0.3, 0.4) is 0 Å². The molecule has 14 heteroatoms. The third-order valence-corrected chi connectivity index (χ3v) is 7.84. The van der Waals surface area contributed by atoms with E-state index < -0.39 is 22.0 Å². The number of urea groups is 1. The first kappa shape index (κ1) is 23.5. The van der Waals surface area contributed by atoms with Crippen molar-refractivity contribution in [2.24, 2.45) is 0 Å². The molecule has 35 heavy (non-hydrogen) atoms. The van der Waals surface area contributed by atoms with E-state index in [4.69, 9.17) is 0 Å². The molecule has 3 amide bonds. The van der Waals surface area contributed by atoms with Crippen molar-refractivity contribution in [2.45, 2.75) is 70.0 Å². The minimum Gasteiger partial charge on any atom is -0.351 e. The molecular weight excluding hydrogens is 474 g/mol. The molecule has 0 unspecified atom stereocenters. The van der Waals surface area contributed by atoms with Crippen LogP contribution in [-0.4, -0.2) is 63.8 Å². The molecule has 2 aromatic heterocycles. The summed E-state index contributed by atoms with van der Waals surface area (Å²) in [5.74, 6) is 0.607. The Morgan fingerprint density at radius 2 is 1.71 bits per heavy atom. The number of sulfonamides is 1. The molecule has 0 aromatic carbocycles. The number of hydrogen-bond acceptors (Lipinski definition) is 9. The van der Waals surface area contributed by atoms with Gasteiger partial charge in [0.15, 0.2) is 5.65 Å². The molecule has 0 bridgehead atoms. The first-order valence-corrected chi connectivity index (χ1v) is 13.6. The van der Waals surface area contributed by atoms with Gasteiger partial charge < -0.3 is 16.0 Å². The molecule has 0 atom stereocenters. The highest BCUT2D eigenvalue weighted by Crippen LogP contribution is 2.27. The first-order chi connectivity index (χ1) is 16.8. The lowest BCUT2D eigenvalue weighted by Gasteiger charge is -2.29. The maximum absolute atomic E-state index is 12.1. The van der Waals surface area contributed by atoms with Crippen LogP contribution in [0, 0.1) is 0 Å². The normalized spacial score (nSPS) is 24.0. The van der Waals surface area contributed by atoms with Gasteiger partial charge in [-0.2, -0.15) is 19.6 Å². The molecule has 3 aliphatic rings. The molecule has 188 valence electrons. The lowest BCUT2D eigenvalue weighted by atomic mass is 9.92. The van der Waals surface area contributed by atoms with E-state index in [9.17, 15) is 18.0 Å². The minimum absolute atomic E-state index is 0.0547. The van der Waals surface area contributed by atoms with E-state index in [0.29, 0.717) is 35.6 Å². The molecule has 0 spiro atoms. The smallest absolute Gasteiger partial charge is 0.326 e. The molecule has 5 rings (SSSR count). The van der Waals surface area contributed by atoms with Crippen molar-refractivity contribution in [2.75, 3.05) is 16.4 Å². The molecule has 5 N–H and O–H groups in total. The van der Waals surface area contributed by atoms with Crippen molar-refractivity contribution in [1.29, 1.82) is 0 Å². The quantitative estimate of drug-likeness (QED) is 0.247. The SMILES string of the molecule is CCCS(=O)(=O)N[C@H]1CC[C@H](Nc2nc(NC3CC3)n3ncc(/C=C4\NC(=O)NC4=O)c3n2)CC1. The highest BCUT2D eigenvalue weighted by atomic mass is 32.2. The number of nitrogens with zero attached hydrogens (tertiary/aromatic N) is 4. The van der Waals surface area contributed by atoms with Crippen LogP contribution in [0.5, 0.6) is 0 Å². The molecule has 2 saturated carbocycles. The van der Waals surface area contributed by atoms with Crippen molar-refractivity contribution in [3.8, 4) is 0 Å². The number of rotatable bonds is 9. The second kappa shape index (κ2) is 9.41. The Kier molecular flexibility index (Phi) is 6.32. The first-order valence-electron chi connectivity index (χ1n) is 11.9. The average molecular weight is 504 g/mol.